The first-order valence-corrected chi connectivity index (χ1v) is 7.10. The fourth-order valence-corrected chi connectivity index (χ4v) is 2.21. The van der Waals surface area contributed by atoms with E-state index < -0.39 is 0 Å². The molecular formula is C13H17BrN4O. The maximum Gasteiger partial charge on any atom is 0.234 e. The molecule has 0 aliphatic heterocycles. The molecule has 0 unspecified atom stereocenters. The molecule has 2 aromatic rings. The number of nitrogens with zero attached hydrogens (tertiary/aromatic N) is 3. The SMILES string of the molecule is CCC(CC)(CN)c1nc(-c2ccc(Br)cn2)no1. The van der Waals surface area contributed by atoms with E-state index in [2.05, 4.69) is 44.9 Å². The Balaban J connectivity index is 2.35. The number of hydrogen-bond donors (Lipinski definition) is 1. The topological polar surface area (TPSA) is 77.8 Å². The maximum atomic E-state index is 5.88. The largest absolute Gasteiger partial charge is 0.338 e. The van der Waals surface area contributed by atoms with E-state index in [9.17, 15) is 0 Å². The van der Waals surface area contributed by atoms with Gasteiger partial charge in [-0.25, -0.2) is 0 Å². The van der Waals surface area contributed by atoms with Crippen LogP contribution in [-0.4, -0.2) is 21.7 Å². The summed E-state index contributed by atoms with van der Waals surface area (Å²) in [4.78, 5) is 8.72. The summed E-state index contributed by atoms with van der Waals surface area (Å²) >= 11 is 3.35. The van der Waals surface area contributed by atoms with Crippen molar-refractivity contribution in [3.05, 3.63) is 28.7 Å². The molecular weight excluding hydrogens is 308 g/mol. The van der Waals surface area contributed by atoms with Crippen molar-refractivity contribution in [1.82, 2.24) is 15.1 Å². The van der Waals surface area contributed by atoms with Crippen LogP contribution in [0.15, 0.2) is 27.3 Å². The van der Waals surface area contributed by atoms with Gasteiger partial charge in [0, 0.05) is 17.2 Å². The van der Waals surface area contributed by atoms with Gasteiger partial charge in [0.1, 0.15) is 5.69 Å². The summed E-state index contributed by atoms with van der Waals surface area (Å²) in [6.07, 6.45) is 3.45. The predicted octanol–water partition coefficient (Wildman–Crippen LogP) is 2.91. The predicted molar refractivity (Wildman–Crippen MR) is 76.5 cm³/mol. The van der Waals surface area contributed by atoms with E-state index in [1.165, 1.54) is 0 Å². The van der Waals surface area contributed by atoms with Crippen LogP contribution in [0, 0.1) is 0 Å². The first-order chi connectivity index (χ1) is 9.15. The van der Waals surface area contributed by atoms with Crippen molar-refractivity contribution in [2.24, 2.45) is 5.73 Å². The molecule has 0 aromatic carbocycles. The van der Waals surface area contributed by atoms with Crippen molar-refractivity contribution in [3.8, 4) is 11.5 Å². The lowest BCUT2D eigenvalue weighted by atomic mass is 9.82. The number of hydrogen-bond acceptors (Lipinski definition) is 5. The van der Waals surface area contributed by atoms with E-state index in [1.54, 1.807) is 6.20 Å². The standard InChI is InChI=1S/C13H17BrN4O/c1-3-13(4-2,8-15)12-17-11(18-19-12)10-6-5-9(14)7-16-10/h5-7H,3-4,8,15H2,1-2H3. The molecule has 0 atom stereocenters. The van der Waals surface area contributed by atoms with Gasteiger partial charge in [-0.2, -0.15) is 4.98 Å². The lowest BCUT2D eigenvalue weighted by Crippen LogP contribution is -2.34. The molecule has 0 aliphatic carbocycles. The number of aromatic nitrogens is 3. The van der Waals surface area contributed by atoms with Crippen LogP contribution in [0.5, 0.6) is 0 Å². The van der Waals surface area contributed by atoms with E-state index in [0.717, 1.165) is 17.3 Å². The number of rotatable bonds is 5. The quantitative estimate of drug-likeness (QED) is 0.914. The summed E-state index contributed by atoms with van der Waals surface area (Å²) in [6.45, 7) is 4.66. The Kier molecular flexibility index (Phi) is 4.31. The molecule has 0 radical (unpaired) electrons. The van der Waals surface area contributed by atoms with Gasteiger partial charge in [-0.1, -0.05) is 19.0 Å². The third-order valence-corrected chi connectivity index (χ3v) is 4.05. The van der Waals surface area contributed by atoms with Crippen LogP contribution >= 0.6 is 15.9 Å². The van der Waals surface area contributed by atoms with E-state index in [4.69, 9.17) is 10.3 Å². The van der Waals surface area contributed by atoms with Gasteiger partial charge in [0.15, 0.2) is 0 Å². The van der Waals surface area contributed by atoms with Gasteiger partial charge in [0.05, 0.1) is 5.41 Å². The molecule has 0 saturated carbocycles. The lowest BCUT2D eigenvalue weighted by Gasteiger charge is -2.24. The molecule has 0 fully saturated rings. The van der Waals surface area contributed by atoms with Crippen molar-refractivity contribution in [2.45, 2.75) is 32.1 Å². The molecule has 19 heavy (non-hydrogen) atoms. The molecule has 5 nitrogen and oxygen atoms in total. The minimum absolute atomic E-state index is 0.236. The van der Waals surface area contributed by atoms with Crippen LogP contribution in [0.1, 0.15) is 32.6 Å². The normalized spacial score (nSPS) is 11.8. The van der Waals surface area contributed by atoms with E-state index >= 15 is 0 Å². The number of pyridine rings is 1. The highest BCUT2D eigenvalue weighted by molar-refractivity contribution is 9.10. The van der Waals surface area contributed by atoms with Crippen LogP contribution in [0.4, 0.5) is 0 Å². The highest BCUT2D eigenvalue weighted by Crippen LogP contribution is 2.30. The fraction of sp³-hybridized carbons (Fsp3) is 0.462. The molecule has 0 amide bonds. The Bertz CT molecular complexity index is 526. The van der Waals surface area contributed by atoms with Crippen LogP contribution < -0.4 is 5.73 Å². The molecule has 2 N–H and O–H groups in total. The molecule has 0 bridgehead atoms. The van der Waals surface area contributed by atoms with Gasteiger partial charge in [0.2, 0.25) is 11.7 Å². The smallest absolute Gasteiger partial charge is 0.234 e. The fourth-order valence-electron chi connectivity index (χ4n) is 1.98. The summed E-state index contributed by atoms with van der Waals surface area (Å²) in [6, 6.07) is 3.74. The third kappa shape index (κ3) is 2.69. The van der Waals surface area contributed by atoms with Crippen molar-refractivity contribution in [1.29, 1.82) is 0 Å². The average Bonchev–Trinajstić information content (AvgIpc) is 2.93. The monoisotopic (exact) mass is 324 g/mol. The van der Waals surface area contributed by atoms with Gasteiger partial charge in [-0.15, -0.1) is 0 Å². The second kappa shape index (κ2) is 5.79. The first kappa shape index (κ1) is 14.1. The average molecular weight is 325 g/mol. The molecule has 2 rings (SSSR count). The zero-order chi connectivity index (χ0) is 13.9. The Labute approximate surface area is 120 Å². The zero-order valence-electron chi connectivity index (χ0n) is 11.1. The highest BCUT2D eigenvalue weighted by Gasteiger charge is 2.33. The van der Waals surface area contributed by atoms with E-state index in [-0.39, 0.29) is 5.41 Å². The number of nitrogens with two attached hydrogens (primary N) is 1. The summed E-state index contributed by atoms with van der Waals surface area (Å²) in [5, 5.41) is 4.01. The van der Waals surface area contributed by atoms with Gasteiger partial charge in [-0.3, -0.25) is 4.98 Å². The summed E-state index contributed by atoms with van der Waals surface area (Å²) < 4.78 is 6.31. The third-order valence-electron chi connectivity index (χ3n) is 3.58. The number of halogens is 1. The van der Waals surface area contributed by atoms with Gasteiger partial charge < -0.3 is 10.3 Å². The Hall–Kier alpha value is -1.27. The highest BCUT2D eigenvalue weighted by atomic mass is 79.9. The van der Waals surface area contributed by atoms with Crippen molar-refractivity contribution < 1.29 is 4.52 Å². The molecule has 2 aromatic heterocycles. The molecule has 2 heterocycles. The van der Waals surface area contributed by atoms with Crippen molar-refractivity contribution in [2.75, 3.05) is 6.54 Å². The minimum Gasteiger partial charge on any atom is -0.338 e. The van der Waals surface area contributed by atoms with Crippen LogP contribution in [0.25, 0.3) is 11.5 Å². The Morgan fingerprint density at radius 2 is 2.05 bits per heavy atom. The van der Waals surface area contributed by atoms with Gasteiger partial charge in [0.25, 0.3) is 0 Å². The van der Waals surface area contributed by atoms with Crippen LogP contribution in [0.2, 0.25) is 0 Å². The molecule has 0 aliphatic rings. The van der Waals surface area contributed by atoms with Crippen molar-refractivity contribution in [3.63, 3.8) is 0 Å². The van der Waals surface area contributed by atoms with Gasteiger partial charge in [-0.05, 0) is 40.9 Å². The Morgan fingerprint density at radius 1 is 1.32 bits per heavy atom. The second-order valence-corrected chi connectivity index (χ2v) is 5.39. The first-order valence-electron chi connectivity index (χ1n) is 6.31. The summed E-state index contributed by atoms with van der Waals surface area (Å²) in [5.74, 6) is 1.10. The van der Waals surface area contributed by atoms with E-state index in [1.807, 2.05) is 12.1 Å². The van der Waals surface area contributed by atoms with Crippen molar-refractivity contribution >= 4 is 15.9 Å². The Morgan fingerprint density at radius 3 is 2.58 bits per heavy atom. The summed E-state index contributed by atoms with van der Waals surface area (Å²) in [5.41, 5.74) is 6.33. The lowest BCUT2D eigenvalue weighted by molar-refractivity contribution is 0.267. The molecule has 6 heteroatoms. The second-order valence-electron chi connectivity index (χ2n) is 4.48. The molecule has 102 valence electrons. The van der Waals surface area contributed by atoms with Crippen LogP contribution in [-0.2, 0) is 5.41 Å². The summed E-state index contributed by atoms with van der Waals surface area (Å²) in [7, 11) is 0. The van der Waals surface area contributed by atoms with Crippen LogP contribution in [0.3, 0.4) is 0 Å². The van der Waals surface area contributed by atoms with Gasteiger partial charge >= 0.3 is 0 Å². The molecule has 0 saturated heterocycles. The minimum atomic E-state index is -0.236. The van der Waals surface area contributed by atoms with E-state index in [0.29, 0.717) is 24.0 Å². The maximum absolute atomic E-state index is 5.88. The zero-order valence-corrected chi connectivity index (χ0v) is 12.6. The molecule has 0 spiro atoms.